The lowest BCUT2D eigenvalue weighted by Gasteiger charge is -2.24. The molecule has 0 unspecified atom stereocenters. The van der Waals surface area contributed by atoms with E-state index in [0.717, 1.165) is 11.1 Å². The number of hydrogen-bond donors (Lipinski definition) is 1. The van der Waals surface area contributed by atoms with Gasteiger partial charge in [-0.05, 0) is 63.1 Å². The molecule has 2 aromatic rings. The summed E-state index contributed by atoms with van der Waals surface area (Å²) in [5.74, 6) is 0.405. The summed E-state index contributed by atoms with van der Waals surface area (Å²) in [6, 6.07) is 14.9. The summed E-state index contributed by atoms with van der Waals surface area (Å²) in [5.41, 5.74) is 2.05. The number of hydrogen-bond acceptors (Lipinski definition) is 4. The van der Waals surface area contributed by atoms with Gasteiger partial charge in [0.25, 0.3) is 5.91 Å². The molecule has 2 rings (SSSR count). The fourth-order valence-corrected chi connectivity index (χ4v) is 2.48. The van der Waals surface area contributed by atoms with Crippen LogP contribution >= 0.6 is 0 Å². The molecule has 6 heteroatoms. The molecule has 0 aromatic heterocycles. The molecule has 0 aliphatic rings. The first kappa shape index (κ1) is 21.3. The largest absolute Gasteiger partial charge is 0.484 e. The van der Waals surface area contributed by atoms with Gasteiger partial charge in [0.2, 0.25) is 0 Å². The second-order valence-electron chi connectivity index (χ2n) is 7.69. The Hall–Kier alpha value is -3.02. The molecule has 0 saturated heterocycles. The molecule has 0 aliphatic carbocycles. The van der Waals surface area contributed by atoms with Crippen molar-refractivity contribution in [3.8, 4) is 5.75 Å². The zero-order valence-electron chi connectivity index (χ0n) is 17.1. The van der Waals surface area contributed by atoms with Crippen molar-refractivity contribution >= 4 is 17.7 Å². The van der Waals surface area contributed by atoms with Crippen molar-refractivity contribution in [1.29, 1.82) is 0 Å². The van der Waals surface area contributed by atoms with Gasteiger partial charge in [0.15, 0.2) is 6.61 Å². The number of nitrogens with one attached hydrogen (secondary N) is 1. The molecule has 6 nitrogen and oxygen atoms in total. The van der Waals surface area contributed by atoms with Gasteiger partial charge in [0, 0.05) is 19.3 Å². The zero-order valence-corrected chi connectivity index (χ0v) is 17.1. The molecule has 0 radical (unpaired) electrons. The molecule has 2 amide bonds. The predicted molar refractivity (Wildman–Crippen MR) is 109 cm³/mol. The Morgan fingerprint density at radius 3 is 2.46 bits per heavy atom. The second kappa shape index (κ2) is 9.26. The van der Waals surface area contributed by atoms with E-state index in [2.05, 4.69) is 5.32 Å². The number of aryl methyl sites for hydroxylation is 1. The maximum Gasteiger partial charge on any atom is 0.410 e. The Labute approximate surface area is 166 Å². The van der Waals surface area contributed by atoms with Crippen LogP contribution in [0.3, 0.4) is 0 Å². The lowest BCUT2D eigenvalue weighted by atomic mass is 10.2. The molecule has 28 heavy (non-hydrogen) atoms. The van der Waals surface area contributed by atoms with Crippen molar-refractivity contribution in [2.75, 3.05) is 19.0 Å². The molecule has 2 aromatic carbocycles. The third-order valence-corrected chi connectivity index (χ3v) is 3.70. The summed E-state index contributed by atoms with van der Waals surface area (Å²) < 4.78 is 10.9. The van der Waals surface area contributed by atoms with Crippen molar-refractivity contribution in [2.24, 2.45) is 0 Å². The third kappa shape index (κ3) is 7.31. The van der Waals surface area contributed by atoms with Gasteiger partial charge in [-0.25, -0.2) is 4.79 Å². The highest BCUT2D eigenvalue weighted by Gasteiger charge is 2.19. The summed E-state index contributed by atoms with van der Waals surface area (Å²) >= 11 is 0. The van der Waals surface area contributed by atoms with Crippen molar-refractivity contribution in [2.45, 2.75) is 39.8 Å². The summed E-state index contributed by atoms with van der Waals surface area (Å²) in [7, 11) is 1.68. The number of anilines is 1. The van der Waals surface area contributed by atoms with E-state index < -0.39 is 11.7 Å². The lowest BCUT2D eigenvalue weighted by molar-refractivity contribution is -0.118. The summed E-state index contributed by atoms with van der Waals surface area (Å²) in [6.45, 7) is 7.74. The first-order chi connectivity index (χ1) is 13.1. The highest BCUT2D eigenvalue weighted by Crippen LogP contribution is 2.16. The van der Waals surface area contributed by atoms with E-state index in [1.54, 1.807) is 13.1 Å². The van der Waals surface area contributed by atoms with Crippen molar-refractivity contribution in [1.82, 2.24) is 4.90 Å². The first-order valence-corrected chi connectivity index (χ1v) is 9.15. The smallest absolute Gasteiger partial charge is 0.410 e. The molecule has 0 bridgehead atoms. The normalized spacial score (nSPS) is 10.9. The van der Waals surface area contributed by atoms with Gasteiger partial charge in [-0.3, -0.25) is 4.79 Å². The number of benzene rings is 2. The van der Waals surface area contributed by atoms with Crippen LogP contribution in [0.2, 0.25) is 0 Å². The predicted octanol–water partition coefficient (Wildman–Crippen LogP) is 4.38. The van der Waals surface area contributed by atoms with Crippen LogP contribution in [-0.4, -0.2) is 36.2 Å². The zero-order chi connectivity index (χ0) is 20.7. The summed E-state index contributed by atoms with van der Waals surface area (Å²) in [4.78, 5) is 25.7. The molecule has 0 saturated carbocycles. The summed E-state index contributed by atoms with van der Waals surface area (Å²) in [6.07, 6.45) is -0.395. The van der Waals surface area contributed by atoms with Crippen LogP contribution in [0.15, 0.2) is 48.5 Å². The Morgan fingerprint density at radius 1 is 1.07 bits per heavy atom. The van der Waals surface area contributed by atoms with E-state index in [-0.39, 0.29) is 12.5 Å². The fraction of sp³-hybridized carbons (Fsp3) is 0.364. The van der Waals surface area contributed by atoms with E-state index >= 15 is 0 Å². The topological polar surface area (TPSA) is 67.9 Å². The van der Waals surface area contributed by atoms with Crippen LogP contribution in [0, 0.1) is 6.92 Å². The molecular weight excluding hydrogens is 356 g/mol. The maximum atomic E-state index is 12.1. The second-order valence-corrected chi connectivity index (χ2v) is 7.69. The molecule has 150 valence electrons. The van der Waals surface area contributed by atoms with Gasteiger partial charge in [-0.1, -0.05) is 24.3 Å². The Balaban J connectivity index is 1.89. The molecule has 0 spiro atoms. The maximum absolute atomic E-state index is 12.1. The molecule has 1 N–H and O–H groups in total. The molecule has 0 fully saturated rings. The van der Waals surface area contributed by atoms with Crippen LogP contribution < -0.4 is 10.1 Å². The van der Waals surface area contributed by atoms with Crippen LogP contribution in [-0.2, 0) is 16.1 Å². The van der Waals surface area contributed by atoms with Gasteiger partial charge >= 0.3 is 6.09 Å². The Bertz CT molecular complexity index is 827. The van der Waals surface area contributed by atoms with Gasteiger partial charge in [-0.15, -0.1) is 0 Å². The number of ether oxygens (including phenoxy) is 2. The minimum absolute atomic E-state index is 0.0779. The third-order valence-electron chi connectivity index (χ3n) is 3.70. The first-order valence-electron chi connectivity index (χ1n) is 9.15. The molecule has 0 atom stereocenters. The lowest BCUT2D eigenvalue weighted by Crippen LogP contribution is -2.33. The molecule has 0 aliphatic heterocycles. The number of carbonyl (C=O) groups is 2. The SMILES string of the molecule is Cc1cccc(OCC(=O)Nc2cccc(CN(C)C(=O)OC(C)(C)C)c2)c1. The van der Waals surface area contributed by atoms with Gasteiger partial charge in [0.05, 0.1) is 0 Å². The van der Waals surface area contributed by atoms with Crippen LogP contribution in [0.4, 0.5) is 10.5 Å². The van der Waals surface area contributed by atoms with Crippen molar-refractivity contribution in [3.63, 3.8) is 0 Å². The fourth-order valence-electron chi connectivity index (χ4n) is 2.48. The van der Waals surface area contributed by atoms with E-state index in [9.17, 15) is 9.59 Å². The number of amides is 2. The van der Waals surface area contributed by atoms with Crippen LogP contribution in [0.1, 0.15) is 31.9 Å². The standard InChI is InChI=1S/C22H28N2O4/c1-16-8-6-11-19(12-16)27-15-20(25)23-18-10-7-9-17(13-18)14-24(5)21(26)28-22(2,3)4/h6-13H,14-15H2,1-5H3,(H,23,25). The Morgan fingerprint density at radius 2 is 1.79 bits per heavy atom. The van der Waals surface area contributed by atoms with Crippen LogP contribution in [0.25, 0.3) is 0 Å². The van der Waals surface area contributed by atoms with Gasteiger partial charge < -0.3 is 19.7 Å². The minimum Gasteiger partial charge on any atom is -0.484 e. The number of carbonyl (C=O) groups excluding carboxylic acids is 2. The minimum atomic E-state index is -0.543. The van der Waals surface area contributed by atoms with Gasteiger partial charge in [-0.2, -0.15) is 0 Å². The quantitative estimate of drug-likeness (QED) is 0.803. The highest BCUT2D eigenvalue weighted by molar-refractivity contribution is 5.91. The highest BCUT2D eigenvalue weighted by atomic mass is 16.6. The average molecular weight is 384 g/mol. The van der Waals surface area contributed by atoms with E-state index in [4.69, 9.17) is 9.47 Å². The number of nitrogens with zero attached hydrogens (tertiary/aromatic N) is 1. The van der Waals surface area contributed by atoms with Crippen molar-refractivity contribution < 1.29 is 19.1 Å². The molecular formula is C22H28N2O4. The van der Waals surface area contributed by atoms with E-state index in [1.807, 2.05) is 70.2 Å². The van der Waals surface area contributed by atoms with E-state index in [1.165, 1.54) is 4.90 Å². The molecule has 0 heterocycles. The van der Waals surface area contributed by atoms with Gasteiger partial charge in [0.1, 0.15) is 11.4 Å². The number of rotatable bonds is 6. The summed E-state index contributed by atoms with van der Waals surface area (Å²) in [5, 5.41) is 2.81. The monoisotopic (exact) mass is 384 g/mol. The average Bonchev–Trinajstić information content (AvgIpc) is 2.59. The van der Waals surface area contributed by atoms with Crippen LogP contribution in [0.5, 0.6) is 5.75 Å². The van der Waals surface area contributed by atoms with Crippen molar-refractivity contribution in [3.05, 3.63) is 59.7 Å². The Kier molecular flexibility index (Phi) is 7.04. The van der Waals surface area contributed by atoms with E-state index in [0.29, 0.717) is 18.0 Å².